The number of hydrogen-bond acceptors (Lipinski definition) is 3. The molecule has 5 heteroatoms. The third-order valence-corrected chi connectivity index (χ3v) is 5.94. The van der Waals surface area contributed by atoms with Crippen molar-refractivity contribution < 1.29 is 4.79 Å². The molecule has 5 nitrogen and oxygen atoms in total. The predicted octanol–water partition coefficient (Wildman–Crippen LogP) is 3.70. The molecule has 0 spiro atoms. The Bertz CT molecular complexity index is 999. The molecule has 0 aliphatic carbocycles. The Morgan fingerprint density at radius 2 is 1.71 bits per heavy atom. The van der Waals surface area contributed by atoms with Gasteiger partial charge in [-0.3, -0.25) is 4.79 Å². The number of aromatic nitrogens is 2. The highest BCUT2D eigenvalue weighted by Gasteiger charge is 2.22. The predicted molar refractivity (Wildman–Crippen MR) is 114 cm³/mol. The van der Waals surface area contributed by atoms with Crippen LogP contribution in [0.4, 0.5) is 5.69 Å². The highest BCUT2D eigenvalue weighted by Crippen LogP contribution is 2.24. The third-order valence-electron chi connectivity index (χ3n) is 5.94. The fourth-order valence-corrected chi connectivity index (χ4v) is 4.12. The van der Waals surface area contributed by atoms with Crippen molar-refractivity contribution in [3.63, 3.8) is 0 Å². The molecule has 4 rings (SSSR count). The largest absolute Gasteiger partial charge is 0.368 e. The van der Waals surface area contributed by atoms with Gasteiger partial charge >= 0.3 is 0 Å². The van der Waals surface area contributed by atoms with E-state index in [4.69, 9.17) is 0 Å². The SMILES string of the molecule is Cc1cccc(N2CCN(C(=O)CCn3c(C)nc4ccccc43)CC2)c1C. The summed E-state index contributed by atoms with van der Waals surface area (Å²) >= 11 is 0. The van der Waals surface area contributed by atoms with Gasteiger partial charge in [-0.2, -0.15) is 0 Å². The molecule has 0 atom stereocenters. The van der Waals surface area contributed by atoms with Crippen molar-refractivity contribution in [1.82, 2.24) is 14.5 Å². The van der Waals surface area contributed by atoms with Crippen LogP contribution in [0.2, 0.25) is 0 Å². The molecule has 3 aromatic rings. The zero-order valence-electron chi connectivity index (χ0n) is 17.0. The number of rotatable bonds is 4. The Kier molecular flexibility index (Phi) is 5.07. The molecule has 1 fully saturated rings. The van der Waals surface area contributed by atoms with Crippen molar-refractivity contribution in [3.8, 4) is 0 Å². The van der Waals surface area contributed by atoms with E-state index < -0.39 is 0 Å². The molecule has 146 valence electrons. The van der Waals surface area contributed by atoms with Gasteiger partial charge in [0.2, 0.25) is 5.91 Å². The second kappa shape index (κ2) is 7.66. The molecule has 0 radical (unpaired) electrons. The van der Waals surface area contributed by atoms with Crippen LogP contribution in [0, 0.1) is 20.8 Å². The lowest BCUT2D eigenvalue weighted by Crippen LogP contribution is -2.49. The molecule has 1 saturated heterocycles. The summed E-state index contributed by atoms with van der Waals surface area (Å²) in [4.78, 5) is 21.8. The average molecular weight is 377 g/mol. The van der Waals surface area contributed by atoms with E-state index in [0.717, 1.165) is 43.0 Å². The number of imidazole rings is 1. The van der Waals surface area contributed by atoms with E-state index in [0.29, 0.717) is 13.0 Å². The minimum absolute atomic E-state index is 0.234. The summed E-state index contributed by atoms with van der Waals surface area (Å²) in [6.45, 7) is 10.4. The molecule has 1 aromatic heterocycles. The minimum atomic E-state index is 0.234. The Balaban J connectivity index is 1.36. The van der Waals surface area contributed by atoms with Gasteiger partial charge in [0.05, 0.1) is 11.0 Å². The molecule has 1 aliphatic rings. The second-order valence-corrected chi connectivity index (χ2v) is 7.64. The monoisotopic (exact) mass is 376 g/mol. The molecular weight excluding hydrogens is 348 g/mol. The molecule has 28 heavy (non-hydrogen) atoms. The van der Waals surface area contributed by atoms with Gasteiger partial charge in [-0.1, -0.05) is 24.3 Å². The summed E-state index contributed by atoms with van der Waals surface area (Å²) in [7, 11) is 0. The van der Waals surface area contributed by atoms with Crippen molar-refractivity contribution in [1.29, 1.82) is 0 Å². The van der Waals surface area contributed by atoms with E-state index in [1.165, 1.54) is 16.8 Å². The van der Waals surface area contributed by atoms with Crippen molar-refractivity contribution in [2.75, 3.05) is 31.1 Å². The highest BCUT2D eigenvalue weighted by atomic mass is 16.2. The van der Waals surface area contributed by atoms with Crippen molar-refractivity contribution in [2.24, 2.45) is 0 Å². The minimum Gasteiger partial charge on any atom is -0.368 e. The summed E-state index contributed by atoms with van der Waals surface area (Å²) in [6, 6.07) is 14.6. The standard InChI is InChI=1S/C23H28N4O/c1-17-7-6-10-21(18(17)2)25-13-15-26(16-14-25)23(28)11-12-27-19(3)24-20-8-4-5-9-22(20)27/h4-10H,11-16H2,1-3H3. The van der Waals surface area contributed by atoms with Gasteiger partial charge in [-0.05, 0) is 50.1 Å². The Hall–Kier alpha value is -2.82. The van der Waals surface area contributed by atoms with Gasteiger partial charge in [0.15, 0.2) is 0 Å². The van der Waals surface area contributed by atoms with E-state index in [9.17, 15) is 4.79 Å². The average Bonchev–Trinajstić information content (AvgIpc) is 3.03. The first kappa shape index (κ1) is 18.5. The maximum absolute atomic E-state index is 12.8. The number of nitrogens with zero attached hydrogens (tertiary/aromatic N) is 4. The molecule has 2 aromatic carbocycles. The lowest BCUT2D eigenvalue weighted by molar-refractivity contribution is -0.131. The number of fused-ring (bicyclic) bond motifs is 1. The molecule has 2 heterocycles. The van der Waals surface area contributed by atoms with Crippen LogP contribution in [0.25, 0.3) is 11.0 Å². The van der Waals surface area contributed by atoms with Crippen molar-refractivity contribution in [3.05, 3.63) is 59.4 Å². The zero-order chi connectivity index (χ0) is 19.7. The van der Waals surface area contributed by atoms with Crippen LogP contribution in [0.15, 0.2) is 42.5 Å². The number of aryl methyl sites for hydroxylation is 3. The van der Waals surface area contributed by atoms with E-state index in [1.807, 2.05) is 30.0 Å². The van der Waals surface area contributed by atoms with E-state index in [2.05, 4.69) is 52.6 Å². The molecular formula is C23H28N4O. The number of amides is 1. The number of anilines is 1. The van der Waals surface area contributed by atoms with Gasteiger partial charge in [-0.15, -0.1) is 0 Å². The van der Waals surface area contributed by atoms with E-state index in [1.54, 1.807) is 0 Å². The van der Waals surface area contributed by atoms with Crippen LogP contribution < -0.4 is 4.90 Å². The summed E-state index contributed by atoms with van der Waals surface area (Å²) in [5.74, 6) is 1.20. The van der Waals surface area contributed by atoms with Gasteiger partial charge in [0, 0.05) is 44.8 Å². The molecule has 1 amide bonds. The van der Waals surface area contributed by atoms with E-state index >= 15 is 0 Å². The first-order valence-corrected chi connectivity index (χ1v) is 10.1. The Morgan fingerprint density at radius 3 is 2.50 bits per heavy atom. The quantitative estimate of drug-likeness (QED) is 0.697. The fourth-order valence-electron chi connectivity index (χ4n) is 4.12. The number of hydrogen-bond donors (Lipinski definition) is 0. The van der Waals surface area contributed by atoms with Crippen LogP contribution in [0.1, 0.15) is 23.4 Å². The number of benzene rings is 2. The lowest BCUT2D eigenvalue weighted by Gasteiger charge is -2.37. The molecule has 0 unspecified atom stereocenters. The molecule has 0 N–H and O–H groups in total. The number of para-hydroxylation sites is 2. The maximum atomic E-state index is 12.8. The number of carbonyl (C=O) groups is 1. The fraction of sp³-hybridized carbons (Fsp3) is 0.391. The maximum Gasteiger partial charge on any atom is 0.224 e. The van der Waals surface area contributed by atoms with Crippen LogP contribution in [0.5, 0.6) is 0 Å². The van der Waals surface area contributed by atoms with Gasteiger partial charge in [-0.25, -0.2) is 4.98 Å². The summed E-state index contributed by atoms with van der Waals surface area (Å²) in [5, 5.41) is 0. The first-order chi connectivity index (χ1) is 13.5. The van der Waals surface area contributed by atoms with Crippen LogP contribution in [-0.4, -0.2) is 46.5 Å². The number of carbonyl (C=O) groups excluding carboxylic acids is 1. The molecule has 0 saturated carbocycles. The summed E-state index contributed by atoms with van der Waals surface area (Å²) < 4.78 is 2.15. The zero-order valence-corrected chi connectivity index (χ0v) is 17.0. The van der Waals surface area contributed by atoms with E-state index in [-0.39, 0.29) is 5.91 Å². The summed E-state index contributed by atoms with van der Waals surface area (Å²) in [6.07, 6.45) is 0.519. The third kappa shape index (κ3) is 3.49. The normalized spacial score (nSPS) is 14.7. The number of piperazine rings is 1. The highest BCUT2D eigenvalue weighted by molar-refractivity contribution is 5.78. The Morgan fingerprint density at radius 1 is 0.964 bits per heavy atom. The van der Waals surface area contributed by atoms with Crippen molar-refractivity contribution >= 4 is 22.6 Å². The smallest absolute Gasteiger partial charge is 0.224 e. The van der Waals surface area contributed by atoms with Gasteiger partial charge in [0.25, 0.3) is 0 Å². The summed E-state index contributed by atoms with van der Waals surface area (Å²) in [5.41, 5.74) is 6.05. The van der Waals surface area contributed by atoms with Crippen molar-refractivity contribution in [2.45, 2.75) is 33.7 Å². The van der Waals surface area contributed by atoms with Crippen LogP contribution >= 0.6 is 0 Å². The van der Waals surface area contributed by atoms with Gasteiger partial charge in [0.1, 0.15) is 5.82 Å². The topological polar surface area (TPSA) is 41.4 Å². The second-order valence-electron chi connectivity index (χ2n) is 7.64. The van der Waals surface area contributed by atoms with Crippen LogP contribution in [0.3, 0.4) is 0 Å². The lowest BCUT2D eigenvalue weighted by atomic mass is 10.1. The van der Waals surface area contributed by atoms with Gasteiger partial charge < -0.3 is 14.4 Å². The molecule has 0 bridgehead atoms. The Labute approximate surface area is 166 Å². The van der Waals surface area contributed by atoms with Crippen LogP contribution in [-0.2, 0) is 11.3 Å². The first-order valence-electron chi connectivity index (χ1n) is 10.1. The molecule has 1 aliphatic heterocycles.